The summed E-state index contributed by atoms with van der Waals surface area (Å²) in [5.41, 5.74) is 1.61. The first kappa shape index (κ1) is 19.7. The zero-order valence-electron chi connectivity index (χ0n) is 15.9. The molecule has 0 amide bonds. The third-order valence-corrected chi connectivity index (χ3v) is 6.94. The van der Waals surface area contributed by atoms with Crippen molar-refractivity contribution in [2.24, 2.45) is 0 Å². The van der Waals surface area contributed by atoms with Gasteiger partial charge in [-0.25, -0.2) is 4.98 Å². The summed E-state index contributed by atoms with van der Waals surface area (Å²) in [5, 5.41) is 12.2. The average molecular weight is 460 g/mol. The van der Waals surface area contributed by atoms with Gasteiger partial charge < -0.3 is 4.74 Å². The number of nitrogens with zero attached hydrogens (tertiary/aromatic N) is 5. The van der Waals surface area contributed by atoms with Gasteiger partial charge in [-0.2, -0.15) is 0 Å². The van der Waals surface area contributed by atoms with Crippen molar-refractivity contribution < 1.29 is 4.74 Å². The van der Waals surface area contributed by atoms with Crippen LogP contribution in [0.5, 0.6) is 0 Å². The minimum absolute atomic E-state index is 0.0699. The number of aromatic nitrogens is 5. The Morgan fingerprint density at radius 1 is 1.27 bits per heavy atom. The lowest BCUT2D eigenvalue weighted by atomic mass is 10.2. The number of rotatable bonds is 6. The Balaban J connectivity index is 1.44. The van der Waals surface area contributed by atoms with Gasteiger partial charge in [0.05, 0.1) is 18.3 Å². The Labute approximate surface area is 185 Å². The molecule has 1 fully saturated rings. The molecule has 0 bridgehead atoms. The molecule has 3 aromatic heterocycles. The molecule has 1 saturated heterocycles. The largest absolute Gasteiger partial charge is 0.376 e. The molecule has 5 rings (SSSR count). The van der Waals surface area contributed by atoms with Crippen LogP contribution < -0.4 is 5.56 Å². The van der Waals surface area contributed by atoms with E-state index in [4.69, 9.17) is 16.3 Å². The summed E-state index contributed by atoms with van der Waals surface area (Å²) in [7, 11) is 0. The van der Waals surface area contributed by atoms with Crippen molar-refractivity contribution in [3.05, 3.63) is 63.0 Å². The highest BCUT2D eigenvalue weighted by atomic mass is 35.5. The number of ether oxygens (including phenoxy) is 1. The molecule has 7 nitrogen and oxygen atoms in total. The van der Waals surface area contributed by atoms with E-state index in [1.807, 2.05) is 29.6 Å². The van der Waals surface area contributed by atoms with Crippen molar-refractivity contribution in [1.82, 2.24) is 24.1 Å². The molecular formula is C20H18ClN5O2S2. The zero-order valence-corrected chi connectivity index (χ0v) is 18.3. The van der Waals surface area contributed by atoms with Crippen molar-refractivity contribution in [3.8, 4) is 11.4 Å². The predicted octanol–water partition coefficient (Wildman–Crippen LogP) is 4.14. The maximum absolute atomic E-state index is 12.2. The second-order valence-corrected chi connectivity index (χ2v) is 9.24. The van der Waals surface area contributed by atoms with Crippen LogP contribution >= 0.6 is 34.7 Å². The van der Waals surface area contributed by atoms with Gasteiger partial charge in [-0.05, 0) is 37.1 Å². The molecule has 4 aromatic rings. The summed E-state index contributed by atoms with van der Waals surface area (Å²) in [6.45, 7) is 1.48. The molecule has 1 atom stereocenters. The monoisotopic (exact) mass is 459 g/mol. The van der Waals surface area contributed by atoms with E-state index in [9.17, 15) is 4.79 Å². The summed E-state index contributed by atoms with van der Waals surface area (Å²) < 4.78 is 9.50. The van der Waals surface area contributed by atoms with Crippen molar-refractivity contribution in [3.63, 3.8) is 0 Å². The predicted molar refractivity (Wildman–Crippen MR) is 118 cm³/mol. The van der Waals surface area contributed by atoms with Crippen LogP contribution in [0.1, 0.15) is 18.5 Å². The second kappa shape index (κ2) is 8.50. The van der Waals surface area contributed by atoms with Crippen LogP contribution in [0.25, 0.3) is 16.3 Å². The molecule has 1 aliphatic heterocycles. The molecule has 0 saturated carbocycles. The van der Waals surface area contributed by atoms with Crippen molar-refractivity contribution in [1.29, 1.82) is 0 Å². The highest BCUT2D eigenvalue weighted by Gasteiger charge is 2.22. The topological polar surface area (TPSA) is 74.3 Å². The summed E-state index contributed by atoms with van der Waals surface area (Å²) in [6, 6.07) is 9.17. The number of hydrogen-bond donors (Lipinski definition) is 0. The van der Waals surface area contributed by atoms with E-state index >= 15 is 0 Å². The summed E-state index contributed by atoms with van der Waals surface area (Å²) in [4.78, 5) is 17.5. The molecule has 1 aromatic carbocycles. The lowest BCUT2D eigenvalue weighted by Crippen LogP contribution is -2.17. The van der Waals surface area contributed by atoms with E-state index < -0.39 is 0 Å². The standard InChI is InChI=1S/C20H18ClN5O2S2/c21-14-5-3-13(4-6-14)18-23-24-20(26(18)11-16-2-1-8-28-16)30-12-15-10-17(27)25-7-9-29-19(25)22-15/h3-7,9-10,16H,1-2,8,11-12H2/t16-/m1/s1. The van der Waals surface area contributed by atoms with Gasteiger partial charge in [0.1, 0.15) is 0 Å². The third kappa shape index (κ3) is 4.02. The Kier molecular flexibility index (Phi) is 5.60. The van der Waals surface area contributed by atoms with Crippen molar-refractivity contribution in [2.75, 3.05) is 6.61 Å². The third-order valence-electron chi connectivity index (χ3n) is 4.93. The van der Waals surface area contributed by atoms with Crippen molar-refractivity contribution >= 4 is 39.7 Å². The fourth-order valence-electron chi connectivity index (χ4n) is 3.46. The highest BCUT2D eigenvalue weighted by molar-refractivity contribution is 7.98. The SMILES string of the molecule is O=c1cc(CSc2nnc(-c3ccc(Cl)cc3)n2C[C@H]2CCCO2)nc2sccn12. The smallest absolute Gasteiger partial charge is 0.258 e. The molecular weight excluding hydrogens is 442 g/mol. The second-order valence-electron chi connectivity index (χ2n) is 6.99. The fraction of sp³-hybridized carbons (Fsp3) is 0.300. The van der Waals surface area contributed by atoms with Gasteiger partial charge in [-0.15, -0.1) is 21.5 Å². The van der Waals surface area contributed by atoms with E-state index in [1.165, 1.54) is 23.1 Å². The van der Waals surface area contributed by atoms with E-state index in [0.29, 0.717) is 22.3 Å². The van der Waals surface area contributed by atoms with Gasteiger partial charge in [0.25, 0.3) is 5.56 Å². The van der Waals surface area contributed by atoms with Gasteiger partial charge in [-0.1, -0.05) is 23.4 Å². The summed E-state index contributed by atoms with van der Waals surface area (Å²) in [6.07, 6.45) is 3.98. The molecule has 1 aliphatic rings. The first-order valence-electron chi connectivity index (χ1n) is 9.57. The molecule has 4 heterocycles. The minimum atomic E-state index is -0.0699. The number of thiazole rings is 1. The number of halogens is 1. The Hall–Kier alpha value is -2.20. The lowest BCUT2D eigenvalue weighted by molar-refractivity contribution is 0.0953. The Morgan fingerprint density at radius 3 is 2.93 bits per heavy atom. The van der Waals surface area contributed by atoms with Crippen molar-refractivity contribution in [2.45, 2.75) is 36.4 Å². The fourth-order valence-corrected chi connectivity index (χ4v) is 5.17. The Bertz CT molecular complexity index is 1230. The number of benzene rings is 1. The van der Waals surface area contributed by atoms with Crippen LogP contribution in [0.15, 0.2) is 51.9 Å². The van der Waals surface area contributed by atoms with Crippen LogP contribution in [0.3, 0.4) is 0 Å². The van der Waals surface area contributed by atoms with Crippen LogP contribution in [0.4, 0.5) is 0 Å². The molecule has 0 N–H and O–H groups in total. The van der Waals surface area contributed by atoms with Gasteiger partial charge >= 0.3 is 0 Å². The minimum Gasteiger partial charge on any atom is -0.376 e. The first-order chi connectivity index (χ1) is 14.7. The normalized spacial score (nSPS) is 16.5. The molecule has 0 unspecified atom stereocenters. The van der Waals surface area contributed by atoms with Crippen LogP contribution in [-0.2, 0) is 17.0 Å². The van der Waals surface area contributed by atoms with Crippen LogP contribution in [0.2, 0.25) is 5.02 Å². The quantitative estimate of drug-likeness (QED) is 0.403. The van der Waals surface area contributed by atoms with Gasteiger partial charge in [0, 0.05) is 40.6 Å². The summed E-state index contributed by atoms with van der Waals surface area (Å²) >= 11 is 9.02. The van der Waals surface area contributed by atoms with Gasteiger partial charge in [0.15, 0.2) is 15.9 Å². The molecule has 154 valence electrons. The number of hydrogen-bond acceptors (Lipinski definition) is 7. The van der Waals surface area contributed by atoms with E-state index in [0.717, 1.165) is 41.7 Å². The van der Waals surface area contributed by atoms with E-state index in [1.54, 1.807) is 16.7 Å². The molecule has 0 radical (unpaired) electrons. The molecule has 10 heteroatoms. The lowest BCUT2D eigenvalue weighted by Gasteiger charge is -2.14. The maximum atomic E-state index is 12.2. The van der Waals surface area contributed by atoms with Crippen LogP contribution in [0, 0.1) is 0 Å². The number of fused-ring (bicyclic) bond motifs is 1. The first-order valence-corrected chi connectivity index (χ1v) is 11.8. The van der Waals surface area contributed by atoms with E-state index in [2.05, 4.69) is 19.7 Å². The number of thioether (sulfide) groups is 1. The van der Waals surface area contributed by atoms with Crippen LogP contribution in [-0.4, -0.2) is 36.9 Å². The van der Waals surface area contributed by atoms with Gasteiger partial charge in [0.2, 0.25) is 0 Å². The van der Waals surface area contributed by atoms with E-state index in [-0.39, 0.29) is 11.7 Å². The highest BCUT2D eigenvalue weighted by Crippen LogP contribution is 2.28. The zero-order chi connectivity index (χ0) is 20.5. The summed E-state index contributed by atoms with van der Waals surface area (Å²) in [5.74, 6) is 1.32. The molecule has 0 aliphatic carbocycles. The van der Waals surface area contributed by atoms with Gasteiger partial charge in [-0.3, -0.25) is 13.8 Å². The molecule has 30 heavy (non-hydrogen) atoms. The average Bonchev–Trinajstić information content (AvgIpc) is 3.49. The molecule has 0 spiro atoms. The maximum Gasteiger partial charge on any atom is 0.258 e. The Morgan fingerprint density at radius 2 is 2.13 bits per heavy atom.